The number of aryl methyl sites for hydroxylation is 1. The van der Waals surface area contributed by atoms with Crippen molar-refractivity contribution in [2.75, 3.05) is 5.32 Å². The first-order valence-corrected chi connectivity index (χ1v) is 4.57. The summed E-state index contributed by atoms with van der Waals surface area (Å²) in [6.07, 6.45) is 1.65. The van der Waals surface area contributed by atoms with Gasteiger partial charge in [0.15, 0.2) is 11.5 Å². The SMILES string of the molecule is Cn1ccc(NC(=O)c2cc(C(=O)O)on2)n1. The number of carboxylic acids is 1. The molecule has 0 bridgehead atoms. The number of amides is 1. The van der Waals surface area contributed by atoms with Crippen LogP contribution in [0.4, 0.5) is 5.82 Å². The molecule has 2 aromatic rings. The lowest BCUT2D eigenvalue weighted by atomic mass is 10.3. The molecule has 0 radical (unpaired) electrons. The number of hydrogen-bond donors (Lipinski definition) is 2. The molecule has 0 aliphatic carbocycles. The standard InChI is InChI=1S/C9H8N4O4/c1-13-3-2-7(11-13)10-8(14)5-4-6(9(15)16)17-12-5/h2-4H,1H3,(H,15,16)(H,10,11,14). The maximum Gasteiger partial charge on any atom is 0.374 e. The predicted molar refractivity (Wildman–Crippen MR) is 54.6 cm³/mol. The molecule has 0 aromatic carbocycles. The summed E-state index contributed by atoms with van der Waals surface area (Å²) in [5, 5.41) is 18.3. The molecule has 1 amide bonds. The number of aromatic nitrogens is 3. The highest BCUT2D eigenvalue weighted by molar-refractivity contribution is 6.03. The van der Waals surface area contributed by atoms with Gasteiger partial charge in [-0.1, -0.05) is 5.16 Å². The number of nitrogens with zero attached hydrogens (tertiary/aromatic N) is 3. The van der Waals surface area contributed by atoms with E-state index in [4.69, 9.17) is 5.11 Å². The molecule has 0 saturated carbocycles. The molecular formula is C9H8N4O4. The lowest BCUT2D eigenvalue weighted by Crippen LogP contribution is -2.12. The summed E-state index contributed by atoms with van der Waals surface area (Å²) >= 11 is 0. The summed E-state index contributed by atoms with van der Waals surface area (Å²) in [7, 11) is 1.70. The second-order valence-corrected chi connectivity index (χ2v) is 3.21. The fraction of sp³-hybridized carbons (Fsp3) is 0.111. The molecule has 0 saturated heterocycles. The van der Waals surface area contributed by atoms with Crippen molar-refractivity contribution in [3.63, 3.8) is 0 Å². The molecule has 0 aliphatic heterocycles. The zero-order valence-electron chi connectivity index (χ0n) is 8.75. The van der Waals surface area contributed by atoms with Crippen LogP contribution >= 0.6 is 0 Å². The Morgan fingerprint density at radius 2 is 2.29 bits per heavy atom. The Balaban J connectivity index is 2.11. The van der Waals surface area contributed by atoms with Crippen LogP contribution in [0.5, 0.6) is 0 Å². The maximum atomic E-state index is 11.6. The van der Waals surface area contributed by atoms with Gasteiger partial charge in [-0.3, -0.25) is 9.48 Å². The highest BCUT2D eigenvalue weighted by atomic mass is 16.5. The summed E-state index contributed by atoms with van der Waals surface area (Å²) in [5.74, 6) is -1.91. The molecule has 8 heteroatoms. The molecule has 17 heavy (non-hydrogen) atoms. The molecule has 2 heterocycles. The Hall–Kier alpha value is -2.64. The van der Waals surface area contributed by atoms with Gasteiger partial charge < -0.3 is 14.9 Å². The molecular weight excluding hydrogens is 228 g/mol. The summed E-state index contributed by atoms with van der Waals surface area (Å²) in [6.45, 7) is 0. The lowest BCUT2D eigenvalue weighted by Gasteiger charge is -1.96. The number of nitrogens with one attached hydrogen (secondary N) is 1. The van der Waals surface area contributed by atoms with Crippen molar-refractivity contribution < 1.29 is 19.2 Å². The van der Waals surface area contributed by atoms with Gasteiger partial charge in [0.05, 0.1) is 0 Å². The molecule has 0 fully saturated rings. The minimum absolute atomic E-state index is 0.118. The number of rotatable bonds is 3. The van der Waals surface area contributed by atoms with E-state index >= 15 is 0 Å². The van der Waals surface area contributed by atoms with Crippen molar-refractivity contribution in [1.29, 1.82) is 0 Å². The third kappa shape index (κ3) is 2.30. The van der Waals surface area contributed by atoms with Crippen LogP contribution in [0.2, 0.25) is 0 Å². The fourth-order valence-electron chi connectivity index (χ4n) is 1.15. The summed E-state index contributed by atoms with van der Waals surface area (Å²) in [4.78, 5) is 22.1. The van der Waals surface area contributed by atoms with Gasteiger partial charge in [0, 0.05) is 25.4 Å². The van der Waals surface area contributed by atoms with E-state index in [9.17, 15) is 9.59 Å². The van der Waals surface area contributed by atoms with Crippen LogP contribution in [-0.2, 0) is 7.05 Å². The number of carbonyl (C=O) groups excluding carboxylic acids is 1. The van der Waals surface area contributed by atoms with Gasteiger partial charge in [0.2, 0.25) is 5.76 Å². The zero-order chi connectivity index (χ0) is 12.4. The van der Waals surface area contributed by atoms with Crippen molar-refractivity contribution in [3.8, 4) is 0 Å². The van der Waals surface area contributed by atoms with E-state index in [2.05, 4.69) is 20.1 Å². The van der Waals surface area contributed by atoms with Crippen molar-refractivity contribution in [1.82, 2.24) is 14.9 Å². The van der Waals surface area contributed by atoms with Crippen molar-refractivity contribution in [2.24, 2.45) is 7.05 Å². The third-order valence-electron chi connectivity index (χ3n) is 1.91. The maximum absolute atomic E-state index is 11.6. The van der Waals surface area contributed by atoms with Crippen molar-refractivity contribution >= 4 is 17.7 Å². The Morgan fingerprint density at radius 3 is 2.82 bits per heavy atom. The number of carboxylic acid groups (broad SMARTS) is 1. The molecule has 2 rings (SSSR count). The molecule has 0 unspecified atom stereocenters. The van der Waals surface area contributed by atoms with E-state index in [1.54, 1.807) is 19.3 Å². The summed E-state index contributed by atoms with van der Waals surface area (Å²) in [6, 6.07) is 2.64. The highest BCUT2D eigenvalue weighted by Crippen LogP contribution is 2.07. The number of carbonyl (C=O) groups is 2. The van der Waals surface area contributed by atoms with E-state index < -0.39 is 17.6 Å². The first-order chi connectivity index (χ1) is 8.06. The molecule has 88 valence electrons. The van der Waals surface area contributed by atoms with Crippen LogP contribution in [0.1, 0.15) is 21.0 Å². The van der Waals surface area contributed by atoms with Gasteiger partial charge in [-0.2, -0.15) is 5.10 Å². The van der Waals surface area contributed by atoms with E-state index in [1.165, 1.54) is 4.68 Å². The van der Waals surface area contributed by atoms with Crippen molar-refractivity contribution in [3.05, 3.63) is 29.8 Å². The van der Waals surface area contributed by atoms with E-state index in [1.807, 2.05) is 0 Å². The number of anilines is 1. The normalized spacial score (nSPS) is 10.2. The van der Waals surface area contributed by atoms with Crippen LogP contribution in [0.15, 0.2) is 22.9 Å². The minimum atomic E-state index is -1.28. The molecule has 2 aromatic heterocycles. The molecule has 0 spiro atoms. The Labute approximate surface area is 94.8 Å². The smallest absolute Gasteiger partial charge is 0.374 e. The average Bonchev–Trinajstić information content (AvgIpc) is 2.86. The van der Waals surface area contributed by atoms with Gasteiger partial charge in [-0.25, -0.2) is 4.79 Å². The van der Waals surface area contributed by atoms with Gasteiger partial charge >= 0.3 is 5.97 Å². The van der Waals surface area contributed by atoms with Crippen molar-refractivity contribution in [2.45, 2.75) is 0 Å². The average molecular weight is 236 g/mol. The molecule has 8 nitrogen and oxygen atoms in total. The predicted octanol–water partition coefficient (Wildman–Crippen LogP) is 0.359. The first-order valence-electron chi connectivity index (χ1n) is 4.57. The molecule has 2 N–H and O–H groups in total. The summed E-state index contributed by atoms with van der Waals surface area (Å²) < 4.78 is 5.97. The third-order valence-corrected chi connectivity index (χ3v) is 1.91. The van der Waals surface area contributed by atoms with Gasteiger partial charge in [-0.15, -0.1) is 0 Å². The lowest BCUT2D eigenvalue weighted by molar-refractivity contribution is 0.0651. The van der Waals surface area contributed by atoms with Crippen LogP contribution in [0, 0.1) is 0 Å². The van der Waals surface area contributed by atoms with Crippen LogP contribution in [-0.4, -0.2) is 31.9 Å². The second-order valence-electron chi connectivity index (χ2n) is 3.21. The highest BCUT2D eigenvalue weighted by Gasteiger charge is 2.17. The van der Waals surface area contributed by atoms with Crippen LogP contribution in [0.25, 0.3) is 0 Å². The van der Waals surface area contributed by atoms with Crippen LogP contribution in [0.3, 0.4) is 0 Å². The van der Waals surface area contributed by atoms with E-state index in [0.717, 1.165) is 6.07 Å². The second kappa shape index (κ2) is 4.08. The van der Waals surface area contributed by atoms with E-state index in [0.29, 0.717) is 5.82 Å². The Morgan fingerprint density at radius 1 is 1.53 bits per heavy atom. The van der Waals surface area contributed by atoms with Gasteiger partial charge in [0.1, 0.15) is 0 Å². The first kappa shape index (κ1) is 10.9. The zero-order valence-corrected chi connectivity index (χ0v) is 8.75. The van der Waals surface area contributed by atoms with Crippen LogP contribution < -0.4 is 5.32 Å². The monoisotopic (exact) mass is 236 g/mol. The quantitative estimate of drug-likeness (QED) is 0.795. The largest absolute Gasteiger partial charge is 0.475 e. The topological polar surface area (TPSA) is 110 Å². The van der Waals surface area contributed by atoms with Gasteiger partial charge in [0.25, 0.3) is 5.91 Å². The van der Waals surface area contributed by atoms with Gasteiger partial charge in [-0.05, 0) is 0 Å². The fourth-order valence-corrected chi connectivity index (χ4v) is 1.15. The Bertz CT molecular complexity index is 571. The number of hydrogen-bond acceptors (Lipinski definition) is 5. The van der Waals surface area contributed by atoms with E-state index in [-0.39, 0.29) is 5.69 Å². The molecule has 0 aliphatic rings. The Kier molecular flexibility index (Phi) is 2.61. The molecule has 0 atom stereocenters. The number of aromatic carboxylic acids is 1. The minimum Gasteiger partial charge on any atom is -0.475 e. The summed E-state index contributed by atoms with van der Waals surface area (Å²) in [5.41, 5.74) is -0.118.